The van der Waals surface area contributed by atoms with E-state index in [1.165, 1.54) is 29.7 Å². The summed E-state index contributed by atoms with van der Waals surface area (Å²) < 4.78 is 0. The van der Waals surface area contributed by atoms with Gasteiger partial charge < -0.3 is 10.6 Å². The third-order valence-electron chi connectivity index (χ3n) is 3.57. The molecule has 1 aliphatic heterocycles. The Hall–Kier alpha value is -1.23. The standard InChI is InChI=1S/C15H24N4S/c1-12-10-17-7-5-13(12)6-8-18-15(16-2)19-11-14-4-3-9-20-14/h5,7,10,14H,3-4,6,8-9,11H2,1-2H3,(H2,16,18,19). The van der Waals surface area contributed by atoms with Crippen molar-refractivity contribution in [2.24, 2.45) is 4.99 Å². The molecule has 0 aliphatic carbocycles. The molecule has 1 saturated heterocycles. The number of hydrogen-bond donors (Lipinski definition) is 2. The quantitative estimate of drug-likeness (QED) is 0.644. The molecule has 0 amide bonds. The SMILES string of the molecule is CN=C(NCCc1ccncc1C)NCC1CCCS1. The molecule has 2 N–H and O–H groups in total. The van der Waals surface area contributed by atoms with Crippen LogP contribution in [-0.4, -0.2) is 42.1 Å². The summed E-state index contributed by atoms with van der Waals surface area (Å²) in [4.78, 5) is 8.39. The maximum Gasteiger partial charge on any atom is 0.191 e. The summed E-state index contributed by atoms with van der Waals surface area (Å²) in [7, 11) is 1.83. The van der Waals surface area contributed by atoms with E-state index < -0.39 is 0 Å². The van der Waals surface area contributed by atoms with E-state index in [1.807, 2.05) is 19.4 Å². The van der Waals surface area contributed by atoms with Crippen LogP contribution < -0.4 is 10.6 Å². The van der Waals surface area contributed by atoms with E-state index in [9.17, 15) is 0 Å². The first-order chi connectivity index (χ1) is 9.79. The fourth-order valence-electron chi connectivity index (χ4n) is 2.33. The summed E-state index contributed by atoms with van der Waals surface area (Å²) in [5, 5.41) is 7.54. The van der Waals surface area contributed by atoms with E-state index in [1.54, 1.807) is 0 Å². The first-order valence-electron chi connectivity index (χ1n) is 7.25. The van der Waals surface area contributed by atoms with Gasteiger partial charge in [0.05, 0.1) is 0 Å². The first-order valence-corrected chi connectivity index (χ1v) is 8.30. The molecule has 2 rings (SSSR count). The van der Waals surface area contributed by atoms with Crippen molar-refractivity contribution in [2.45, 2.75) is 31.4 Å². The van der Waals surface area contributed by atoms with Gasteiger partial charge in [0.25, 0.3) is 0 Å². The maximum absolute atomic E-state index is 4.28. The molecule has 1 aromatic rings. The predicted molar refractivity (Wildman–Crippen MR) is 87.5 cm³/mol. The molecule has 2 heterocycles. The fraction of sp³-hybridized carbons (Fsp3) is 0.600. The Labute approximate surface area is 125 Å². The average molecular weight is 292 g/mol. The number of nitrogens with one attached hydrogen (secondary N) is 2. The zero-order valence-corrected chi connectivity index (χ0v) is 13.2. The summed E-state index contributed by atoms with van der Waals surface area (Å²) >= 11 is 2.07. The molecule has 1 unspecified atom stereocenters. The lowest BCUT2D eigenvalue weighted by atomic mass is 10.1. The van der Waals surface area contributed by atoms with Gasteiger partial charge in [-0.15, -0.1) is 0 Å². The Bertz CT molecular complexity index is 441. The largest absolute Gasteiger partial charge is 0.356 e. The van der Waals surface area contributed by atoms with E-state index in [4.69, 9.17) is 0 Å². The Kier molecular flexibility index (Phi) is 6.18. The van der Waals surface area contributed by atoms with Gasteiger partial charge in [-0.25, -0.2) is 0 Å². The monoisotopic (exact) mass is 292 g/mol. The molecule has 20 heavy (non-hydrogen) atoms. The summed E-state index contributed by atoms with van der Waals surface area (Å²) in [6.07, 6.45) is 7.44. The molecule has 1 aromatic heterocycles. The van der Waals surface area contributed by atoms with Crippen molar-refractivity contribution in [3.63, 3.8) is 0 Å². The van der Waals surface area contributed by atoms with Crippen molar-refractivity contribution in [3.8, 4) is 0 Å². The number of guanidine groups is 1. The van der Waals surface area contributed by atoms with Gasteiger partial charge >= 0.3 is 0 Å². The summed E-state index contributed by atoms with van der Waals surface area (Å²) in [5.41, 5.74) is 2.59. The molecule has 0 saturated carbocycles. The molecule has 0 radical (unpaired) electrons. The molecule has 4 nitrogen and oxygen atoms in total. The first kappa shape index (κ1) is 15.2. The fourth-order valence-corrected chi connectivity index (χ4v) is 3.54. The number of thioether (sulfide) groups is 1. The van der Waals surface area contributed by atoms with Gasteiger partial charge in [0.15, 0.2) is 5.96 Å². The van der Waals surface area contributed by atoms with E-state index in [-0.39, 0.29) is 0 Å². The van der Waals surface area contributed by atoms with Crippen molar-refractivity contribution in [2.75, 3.05) is 25.9 Å². The third kappa shape index (κ3) is 4.71. The lowest BCUT2D eigenvalue weighted by molar-refractivity contribution is 0.724. The van der Waals surface area contributed by atoms with E-state index in [2.05, 4.69) is 45.4 Å². The van der Waals surface area contributed by atoms with Crippen LogP contribution in [0.2, 0.25) is 0 Å². The highest BCUT2D eigenvalue weighted by molar-refractivity contribution is 8.00. The van der Waals surface area contributed by atoms with Crippen LogP contribution in [0.4, 0.5) is 0 Å². The number of pyridine rings is 1. The van der Waals surface area contributed by atoms with Gasteiger partial charge in [-0.3, -0.25) is 9.98 Å². The second-order valence-electron chi connectivity index (χ2n) is 5.07. The highest BCUT2D eigenvalue weighted by atomic mass is 32.2. The van der Waals surface area contributed by atoms with Crippen molar-refractivity contribution in [1.29, 1.82) is 0 Å². The zero-order valence-electron chi connectivity index (χ0n) is 12.4. The highest BCUT2D eigenvalue weighted by Crippen LogP contribution is 2.25. The maximum atomic E-state index is 4.28. The van der Waals surface area contributed by atoms with Crippen LogP contribution in [0.5, 0.6) is 0 Å². The minimum atomic E-state index is 0.746. The van der Waals surface area contributed by atoms with Crippen LogP contribution in [0.15, 0.2) is 23.5 Å². The minimum Gasteiger partial charge on any atom is -0.356 e. The molecule has 1 fully saturated rings. The van der Waals surface area contributed by atoms with Gasteiger partial charge in [0.1, 0.15) is 0 Å². The van der Waals surface area contributed by atoms with Gasteiger partial charge in [-0.1, -0.05) is 0 Å². The molecule has 0 bridgehead atoms. The molecule has 1 aliphatic rings. The lowest BCUT2D eigenvalue weighted by Crippen LogP contribution is -2.40. The van der Waals surface area contributed by atoms with Crippen molar-refractivity contribution >= 4 is 17.7 Å². The Balaban J connectivity index is 1.70. The van der Waals surface area contributed by atoms with Crippen LogP contribution in [0.1, 0.15) is 24.0 Å². The lowest BCUT2D eigenvalue weighted by Gasteiger charge is -2.15. The number of hydrogen-bond acceptors (Lipinski definition) is 3. The molecule has 110 valence electrons. The van der Waals surface area contributed by atoms with Gasteiger partial charge in [0, 0.05) is 37.8 Å². The Morgan fingerprint density at radius 3 is 3.10 bits per heavy atom. The van der Waals surface area contributed by atoms with Crippen LogP contribution in [0.3, 0.4) is 0 Å². The molecule has 0 aromatic carbocycles. The Morgan fingerprint density at radius 2 is 2.40 bits per heavy atom. The number of aliphatic imine (C=N–C) groups is 1. The Morgan fingerprint density at radius 1 is 1.50 bits per heavy atom. The van der Waals surface area contributed by atoms with Crippen LogP contribution in [0, 0.1) is 6.92 Å². The molecule has 5 heteroatoms. The smallest absolute Gasteiger partial charge is 0.191 e. The average Bonchev–Trinajstić information content (AvgIpc) is 2.98. The highest BCUT2D eigenvalue weighted by Gasteiger charge is 2.15. The van der Waals surface area contributed by atoms with Gasteiger partial charge in [-0.05, 0) is 49.1 Å². The van der Waals surface area contributed by atoms with Gasteiger partial charge in [0.2, 0.25) is 0 Å². The molecular weight excluding hydrogens is 268 g/mol. The summed E-state index contributed by atoms with van der Waals surface area (Å²) in [5.74, 6) is 2.21. The molecular formula is C15H24N4S. The minimum absolute atomic E-state index is 0.746. The normalized spacial score (nSPS) is 19.1. The van der Waals surface area contributed by atoms with Crippen molar-refractivity contribution in [3.05, 3.63) is 29.6 Å². The molecule has 0 spiro atoms. The van der Waals surface area contributed by atoms with Crippen LogP contribution >= 0.6 is 11.8 Å². The van der Waals surface area contributed by atoms with E-state index in [0.717, 1.165) is 30.7 Å². The van der Waals surface area contributed by atoms with Crippen molar-refractivity contribution < 1.29 is 0 Å². The zero-order chi connectivity index (χ0) is 14.2. The second kappa shape index (κ2) is 8.15. The predicted octanol–water partition coefficient (Wildman–Crippen LogP) is 1.99. The van der Waals surface area contributed by atoms with Crippen molar-refractivity contribution in [1.82, 2.24) is 15.6 Å². The number of rotatable bonds is 5. The third-order valence-corrected chi connectivity index (χ3v) is 4.97. The second-order valence-corrected chi connectivity index (χ2v) is 6.48. The number of nitrogens with zero attached hydrogens (tertiary/aromatic N) is 2. The summed E-state index contributed by atoms with van der Waals surface area (Å²) in [6, 6.07) is 2.09. The molecule has 1 atom stereocenters. The van der Waals surface area contributed by atoms with E-state index in [0.29, 0.717) is 0 Å². The van der Waals surface area contributed by atoms with E-state index >= 15 is 0 Å². The topological polar surface area (TPSA) is 49.3 Å². The van der Waals surface area contributed by atoms with Gasteiger partial charge in [-0.2, -0.15) is 11.8 Å². The van der Waals surface area contributed by atoms with Crippen LogP contribution in [0.25, 0.3) is 0 Å². The number of aryl methyl sites for hydroxylation is 1. The van der Waals surface area contributed by atoms with Crippen LogP contribution in [-0.2, 0) is 6.42 Å². The summed E-state index contributed by atoms with van der Waals surface area (Å²) in [6.45, 7) is 4.01. The number of aromatic nitrogens is 1.